The van der Waals surface area contributed by atoms with Crippen molar-refractivity contribution in [1.82, 2.24) is 9.80 Å². The summed E-state index contributed by atoms with van der Waals surface area (Å²) >= 11 is 0. The summed E-state index contributed by atoms with van der Waals surface area (Å²) in [5.74, 6) is 0. The van der Waals surface area contributed by atoms with Crippen LogP contribution < -0.4 is 5.32 Å². The van der Waals surface area contributed by atoms with Crippen LogP contribution in [0, 0.1) is 0 Å². The molecule has 1 saturated heterocycles. The minimum absolute atomic E-state index is 0.607. The lowest BCUT2D eigenvalue weighted by Crippen LogP contribution is -2.49. The van der Waals surface area contributed by atoms with Gasteiger partial charge in [0.15, 0.2) is 0 Å². The first kappa shape index (κ1) is 12.0. The molecule has 1 fully saturated rings. The van der Waals surface area contributed by atoms with Crippen LogP contribution in [0.25, 0.3) is 0 Å². The van der Waals surface area contributed by atoms with Gasteiger partial charge < -0.3 is 10.2 Å². The van der Waals surface area contributed by atoms with Gasteiger partial charge in [-0.3, -0.25) is 4.90 Å². The molecule has 2 heterocycles. The molecule has 3 heteroatoms. The van der Waals surface area contributed by atoms with Gasteiger partial charge in [-0.05, 0) is 24.6 Å². The van der Waals surface area contributed by atoms with E-state index in [-0.39, 0.29) is 0 Å². The SMILES string of the molecule is CCN1CCN(C[C@H]2Cc3ccccc3N2)CC1. The van der Waals surface area contributed by atoms with Crippen molar-refractivity contribution in [3.8, 4) is 0 Å². The van der Waals surface area contributed by atoms with Gasteiger partial charge in [0.2, 0.25) is 0 Å². The highest BCUT2D eigenvalue weighted by Gasteiger charge is 2.24. The molecule has 0 radical (unpaired) electrons. The maximum absolute atomic E-state index is 3.65. The number of rotatable bonds is 3. The van der Waals surface area contributed by atoms with Crippen molar-refractivity contribution in [2.45, 2.75) is 19.4 Å². The van der Waals surface area contributed by atoms with Gasteiger partial charge >= 0.3 is 0 Å². The molecule has 1 N–H and O–H groups in total. The maximum Gasteiger partial charge on any atom is 0.0429 e. The number of hydrogen-bond acceptors (Lipinski definition) is 3. The third kappa shape index (κ3) is 2.52. The summed E-state index contributed by atoms with van der Waals surface area (Å²) in [7, 11) is 0. The van der Waals surface area contributed by atoms with Gasteiger partial charge in [-0.1, -0.05) is 25.1 Å². The first-order valence-corrected chi connectivity index (χ1v) is 7.14. The Morgan fingerprint density at radius 2 is 1.83 bits per heavy atom. The number of nitrogens with zero attached hydrogens (tertiary/aromatic N) is 2. The summed E-state index contributed by atoms with van der Waals surface area (Å²) in [5, 5.41) is 3.65. The maximum atomic E-state index is 3.65. The predicted octanol–water partition coefficient (Wildman–Crippen LogP) is 1.66. The number of piperazine rings is 1. The minimum atomic E-state index is 0.607. The summed E-state index contributed by atoms with van der Waals surface area (Å²) in [6.45, 7) is 9.55. The van der Waals surface area contributed by atoms with Crippen LogP contribution in [0.4, 0.5) is 5.69 Å². The number of anilines is 1. The van der Waals surface area contributed by atoms with E-state index in [1.165, 1.54) is 56.9 Å². The molecule has 0 bridgehead atoms. The molecule has 0 spiro atoms. The Hall–Kier alpha value is -1.06. The molecule has 98 valence electrons. The van der Waals surface area contributed by atoms with Crippen molar-refractivity contribution >= 4 is 5.69 Å². The number of hydrogen-bond donors (Lipinski definition) is 1. The highest BCUT2D eigenvalue weighted by atomic mass is 15.3. The Labute approximate surface area is 110 Å². The van der Waals surface area contributed by atoms with Gasteiger partial charge in [0, 0.05) is 44.5 Å². The molecule has 2 aliphatic rings. The fourth-order valence-electron chi connectivity index (χ4n) is 3.09. The van der Waals surface area contributed by atoms with Crippen molar-refractivity contribution < 1.29 is 0 Å². The number of nitrogens with one attached hydrogen (secondary N) is 1. The van der Waals surface area contributed by atoms with Crippen LogP contribution >= 0.6 is 0 Å². The van der Waals surface area contributed by atoms with Crippen LogP contribution in [-0.2, 0) is 6.42 Å². The van der Waals surface area contributed by atoms with Crippen LogP contribution in [0.1, 0.15) is 12.5 Å². The van der Waals surface area contributed by atoms with Gasteiger partial charge in [0.05, 0.1) is 0 Å². The molecule has 1 aromatic carbocycles. The summed E-state index contributed by atoms with van der Waals surface area (Å²) in [4.78, 5) is 5.14. The van der Waals surface area contributed by atoms with E-state index in [9.17, 15) is 0 Å². The number of para-hydroxylation sites is 1. The Kier molecular flexibility index (Phi) is 3.52. The standard InChI is InChI=1S/C15H23N3/c1-2-17-7-9-18(10-8-17)12-14-11-13-5-3-4-6-15(13)16-14/h3-6,14,16H,2,7-12H2,1H3/t14-/m1/s1. The van der Waals surface area contributed by atoms with Gasteiger partial charge in [-0.15, -0.1) is 0 Å². The van der Waals surface area contributed by atoms with E-state index in [1.54, 1.807) is 0 Å². The Morgan fingerprint density at radius 3 is 2.56 bits per heavy atom. The number of likely N-dealkylation sites (N-methyl/N-ethyl adjacent to an activating group) is 1. The molecule has 18 heavy (non-hydrogen) atoms. The van der Waals surface area contributed by atoms with E-state index in [1.807, 2.05) is 0 Å². The van der Waals surface area contributed by atoms with Crippen LogP contribution in [0.2, 0.25) is 0 Å². The topological polar surface area (TPSA) is 18.5 Å². The summed E-state index contributed by atoms with van der Waals surface area (Å²) < 4.78 is 0. The van der Waals surface area contributed by atoms with E-state index in [4.69, 9.17) is 0 Å². The monoisotopic (exact) mass is 245 g/mol. The van der Waals surface area contributed by atoms with Crippen LogP contribution in [-0.4, -0.2) is 55.1 Å². The Bertz CT molecular complexity index is 371. The lowest BCUT2D eigenvalue weighted by molar-refractivity contribution is 0.134. The van der Waals surface area contributed by atoms with E-state index in [2.05, 4.69) is 46.3 Å². The Morgan fingerprint density at radius 1 is 1.11 bits per heavy atom. The molecule has 2 aliphatic heterocycles. The first-order valence-electron chi connectivity index (χ1n) is 7.14. The zero-order chi connectivity index (χ0) is 12.4. The summed E-state index contributed by atoms with van der Waals surface area (Å²) in [6.07, 6.45) is 1.18. The minimum Gasteiger partial charge on any atom is -0.380 e. The molecule has 1 aromatic rings. The number of benzene rings is 1. The fraction of sp³-hybridized carbons (Fsp3) is 0.600. The Balaban J connectivity index is 1.51. The second-order valence-electron chi connectivity index (χ2n) is 5.44. The van der Waals surface area contributed by atoms with Gasteiger partial charge in [-0.2, -0.15) is 0 Å². The molecule has 0 unspecified atom stereocenters. The first-order chi connectivity index (χ1) is 8.85. The lowest BCUT2D eigenvalue weighted by Gasteiger charge is -2.35. The predicted molar refractivity (Wildman–Crippen MR) is 76.1 cm³/mol. The van der Waals surface area contributed by atoms with E-state index >= 15 is 0 Å². The molecular formula is C15H23N3. The molecule has 3 nitrogen and oxygen atoms in total. The molecule has 0 amide bonds. The summed E-state index contributed by atoms with van der Waals surface area (Å²) in [5.41, 5.74) is 2.82. The lowest BCUT2D eigenvalue weighted by atomic mass is 10.1. The average Bonchev–Trinajstić information content (AvgIpc) is 2.82. The zero-order valence-electron chi connectivity index (χ0n) is 11.2. The van der Waals surface area contributed by atoms with Crippen LogP contribution in [0.3, 0.4) is 0 Å². The van der Waals surface area contributed by atoms with E-state index in [0.29, 0.717) is 6.04 Å². The average molecular weight is 245 g/mol. The van der Waals surface area contributed by atoms with Crippen molar-refractivity contribution in [2.75, 3.05) is 44.6 Å². The van der Waals surface area contributed by atoms with Gasteiger partial charge in [0.1, 0.15) is 0 Å². The highest BCUT2D eigenvalue weighted by Crippen LogP contribution is 2.25. The fourth-order valence-corrected chi connectivity index (χ4v) is 3.09. The third-order valence-corrected chi connectivity index (χ3v) is 4.23. The van der Waals surface area contributed by atoms with Crippen molar-refractivity contribution in [3.05, 3.63) is 29.8 Å². The van der Waals surface area contributed by atoms with Crippen LogP contribution in [0.5, 0.6) is 0 Å². The molecule has 3 rings (SSSR count). The van der Waals surface area contributed by atoms with E-state index in [0.717, 1.165) is 0 Å². The smallest absolute Gasteiger partial charge is 0.0429 e. The quantitative estimate of drug-likeness (QED) is 0.874. The van der Waals surface area contributed by atoms with Gasteiger partial charge in [-0.25, -0.2) is 0 Å². The second kappa shape index (κ2) is 5.29. The van der Waals surface area contributed by atoms with Crippen molar-refractivity contribution in [1.29, 1.82) is 0 Å². The molecular weight excluding hydrogens is 222 g/mol. The molecule has 1 atom stereocenters. The van der Waals surface area contributed by atoms with Gasteiger partial charge in [0.25, 0.3) is 0 Å². The molecule has 0 aromatic heterocycles. The van der Waals surface area contributed by atoms with Crippen LogP contribution in [0.15, 0.2) is 24.3 Å². The van der Waals surface area contributed by atoms with Crippen molar-refractivity contribution in [2.24, 2.45) is 0 Å². The van der Waals surface area contributed by atoms with Crippen molar-refractivity contribution in [3.63, 3.8) is 0 Å². The van der Waals surface area contributed by atoms with E-state index < -0.39 is 0 Å². The highest BCUT2D eigenvalue weighted by molar-refractivity contribution is 5.56. The molecule has 0 aliphatic carbocycles. The summed E-state index contributed by atoms with van der Waals surface area (Å²) in [6, 6.07) is 9.31. The molecule has 0 saturated carbocycles. The normalized spacial score (nSPS) is 24.8. The largest absolute Gasteiger partial charge is 0.380 e. The third-order valence-electron chi connectivity index (χ3n) is 4.23. The number of fused-ring (bicyclic) bond motifs is 1. The zero-order valence-corrected chi connectivity index (χ0v) is 11.2. The second-order valence-corrected chi connectivity index (χ2v) is 5.44.